The Bertz CT molecular complexity index is 684. The van der Waals surface area contributed by atoms with E-state index in [4.69, 9.17) is 9.47 Å². The lowest BCUT2D eigenvalue weighted by molar-refractivity contribution is 0.0169. The maximum absolute atomic E-state index is 12.6. The van der Waals surface area contributed by atoms with Crippen LogP contribution in [0, 0.1) is 0 Å². The van der Waals surface area contributed by atoms with Crippen LogP contribution in [0.1, 0.15) is 34.6 Å². The molecule has 6 heteroatoms. The normalized spacial score (nSPS) is 16.2. The number of ether oxygens (including phenoxy) is 2. The first-order chi connectivity index (χ1) is 12.8. The number of thiophene rings is 1. The van der Waals surface area contributed by atoms with Crippen LogP contribution in [0.4, 0.5) is 0 Å². The molecule has 2 aromatic rings. The van der Waals surface area contributed by atoms with Gasteiger partial charge in [-0.05, 0) is 36.1 Å². The van der Waals surface area contributed by atoms with Crippen molar-refractivity contribution in [3.63, 3.8) is 0 Å². The Morgan fingerprint density at radius 1 is 1.31 bits per heavy atom. The highest BCUT2D eigenvalue weighted by Crippen LogP contribution is 2.25. The summed E-state index contributed by atoms with van der Waals surface area (Å²) < 4.78 is 11.1. The predicted molar refractivity (Wildman–Crippen MR) is 104 cm³/mol. The lowest BCUT2D eigenvalue weighted by Gasteiger charge is -2.34. The first-order valence-corrected chi connectivity index (χ1v) is 10.0. The molecule has 0 aliphatic carbocycles. The van der Waals surface area contributed by atoms with Crippen molar-refractivity contribution in [3.05, 3.63) is 52.2 Å². The second-order valence-electron chi connectivity index (χ2n) is 6.27. The number of carbonyl (C=O) groups is 1. The van der Waals surface area contributed by atoms with Crippen LogP contribution in [-0.4, -0.2) is 50.3 Å². The lowest BCUT2D eigenvalue weighted by atomic mass is 10.1. The van der Waals surface area contributed by atoms with Crippen molar-refractivity contribution in [1.29, 1.82) is 0 Å². The van der Waals surface area contributed by atoms with E-state index < -0.39 is 0 Å². The zero-order valence-electron chi connectivity index (χ0n) is 15.1. The summed E-state index contributed by atoms with van der Waals surface area (Å²) in [5, 5.41) is 5.18. The molecule has 0 saturated carbocycles. The number of morpholine rings is 1. The standard InChI is InChI=1S/C20H26N2O3S/c1-2-10-25-17-6-3-5-16(14-17)20(23)21-15-18(19-7-4-13-26-19)22-8-11-24-12-9-22/h3-7,13-14,18H,2,8-12,15H2,1H3,(H,21,23). The number of carbonyl (C=O) groups excluding carboxylic acids is 1. The Kier molecular flexibility index (Phi) is 7.05. The summed E-state index contributed by atoms with van der Waals surface area (Å²) in [6.07, 6.45) is 0.943. The van der Waals surface area contributed by atoms with Crippen LogP contribution < -0.4 is 10.1 Å². The van der Waals surface area contributed by atoms with Crippen LogP contribution in [0.15, 0.2) is 41.8 Å². The SMILES string of the molecule is CCCOc1cccc(C(=O)NCC(c2cccs2)N2CCOCC2)c1. The van der Waals surface area contributed by atoms with Gasteiger partial charge in [-0.3, -0.25) is 9.69 Å². The highest BCUT2D eigenvalue weighted by atomic mass is 32.1. The highest BCUT2D eigenvalue weighted by Gasteiger charge is 2.24. The molecule has 1 fully saturated rings. The van der Waals surface area contributed by atoms with Crippen molar-refractivity contribution >= 4 is 17.2 Å². The minimum atomic E-state index is -0.0678. The second kappa shape index (κ2) is 9.71. The van der Waals surface area contributed by atoms with Gasteiger partial charge in [0.2, 0.25) is 0 Å². The maximum Gasteiger partial charge on any atom is 0.251 e. The summed E-state index contributed by atoms with van der Waals surface area (Å²) >= 11 is 1.73. The van der Waals surface area contributed by atoms with Gasteiger partial charge in [-0.1, -0.05) is 19.1 Å². The molecule has 1 saturated heterocycles. The van der Waals surface area contributed by atoms with E-state index in [2.05, 4.69) is 34.7 Å². The second-order valence-corrected chi connectivity index (χ2v) is 7.25. The van der Waals surface area contributed by atoms with E-state index >= 15 is 0 Å². The van der Waals surface area contributed by atoms with Crippen LogP contribution in [0.2, 0.25) is 0 Å². The average molecular weight is 375 g/mol. The molecule has 1 aromatic heterocycles. The van der Waals surface area contributed by atoms with Gasteiger partial charge in [-0.25, -0.2) is 0 Å². The molecule has 0 radical (unpaired) electrons. The smallest absolute Gasteiger partial charge is 0.251 e. The third-order valence-corrected chi connectivity index (χ3v) is 5.36. The van der Waals surface area contributed by atoms with Crippen molar-refractivity contribution in [3.8, 4) is 5.75 Å². The van der Waals surface area contributed by atoms with Crippen LogP contribution in [0.25, 0.3) is 0 Å². The van der Waals surface area contributed by atoms with Gasteiger partial charge in [0, 0.05) is 30.1 Å². The van der Waals surface area contributed by atoms with Crippen LogP contribution in [-0.2, 0) is 4.74 Å². The van der Waals surface area contributed by atoms with Crippen molar-refractivity contribution in [1.82, 2.24) is 10.2 Å². The van der Waals surface area contributed by atoms with E-state index in [0.29, 0.717) is 18.7 Å². The number of nitrogens with zero attached hydrogens (tertiary/aromatic N) is 1. The number of nitrogens with one attached hydrogen (secondary N) is 1. The first-order valence-electron chi connectivity index (χ1n) is 9.14. The third kappa shape index (κ3) is 5.06. The summed E-state index contributed by atoms with van der Waals surface area (Å²) in [6, 6.07) is 11.7. The van der Waals surface area contributed by atoms with Crippen molar-refractivity contribution < 1.29 is 14.3 Å². The van der Waals surface area contributed by atoms with Crippen LogP contribution in [0.3, 0.4) is 0 Å². The number of hydrogen-bond acceptors (Lipinski definition) is 5. The van der Waals surface area contributed by atoms with Gasteiger partial charge in [0.15, 0.2) is 0 Å². The number of benzene rings is 1. The Morgan fingerprint density at radius 2 is 2.15 bits per heavy atom. The quantitative estimate of drug-likeness (QED) is 0.770. The minimum Gasteiger partial charge on any atom is -0.494 e. The molecule has 1 aliphatic heterocycles. The number of rotatable bonds is 8. The molecule has 26 heavy (non-hydrogen) atoms. The van der Waals surface area contributed by atoms with E-state index in [1.807, 2.05) is 18.2 Å². The topological polar surface area (TPSA) is 50.8 Å². The molecule has 1 atom stereocenters. The van der Waals surface area contributed by atoms with Crippen LogP contribution in [0.5, 0.6) is 5.75 Å². The molecule has 2 heterocycles. The molecule has 3 rings (SSSR count). The van der Waals surface area contributed by atoms with Gasteiger partial charge in [-0.15, -0.1) is 11.3 Å². The summed E-state index contributed by atoms with van der Waals surface area (Å²) in [4.78, 5) is 16.3. The lowest BCUT2D eigenvalue weighted by Crippen LogP contribution is -2.43. The van der Waals surface area contributed by atoms with Crippen molar-refractivity contribution in [2.75, 3.05) is 39.5 Å². The molecule has 1 amide bonds. The largest absolute Gasteiger partial charge is 0.494 e. The Balaban J connectivity index is 1.64. The molecule has 1 N–H and O–H groups in total. The van der Waals surface area contributed by atoms with E-state index in [-0.39, 0.29) is 11.9 Å². The van der Waals surface area contributed by atoms with Gasteiger partial charge in [0.05, 0.1) is 25.9 Å². The molecule has 5 nitrogen and oxygen atoms in total. The number of amides is 1. The zero-order valence-corrected chi connectivity index (χ0v) is 16.0. The maximum atomic E-state index is 12.6. The average Bonchev–Trinajstić information content (AvgIpc) is 3.22. The van der Waals surface area contributed by atoms with Gasteiger partial charge < -0.3 is 14.8 Å². The summed E-state index contributed by atoms with van der Waals surface area (Å²) in [7, 11) is 0. The fourth-order valence-electron chi connectivity index (χ4n) is 3.02. The van der Waals surface area contributed by atoms with Gasteiger partial charge in [-0.2, -0.15) is 0 Å². The Morgan fingerprint density at radius 3 is 2.88 bits per heavy atom. The first kappa shape index (κ1) is 18.9. The molecule has 1 aromatic carbocycles. The minimum absolute atomic E-state index is 0.0678. The fraction of sp³-hybridized carbons (Fsp3) is 0.450. The zero-order chi connectivity index (χ0) is 18.2. The van der Waals surface area contributed by atoms with E-state index in [1.165, 1.54) is 4.88 Å². The Hall–Kier alpha value is -1.89. The third-order valence-electron chi connectivity index (χ3n) is 4.38. The predicted octanol–water partition coefficient (Wildman–Crippen LogP) is 3.34. The van der Waals surface area contributed by atoms with Crippen LogP contribution >= 0.6 is 11.3 Å². The molecule has 0 bridgehead atoms. The van der Waals surface area contributed by atoms with E-state index in [1.54, 1.807) is 17.4 Å². The van der Waals surface area contributed by atoms with Gasteiger partial charge in [0.25, 0.3) is 5.91 Å². The van der Waals surface area contributed by atoms with Gasteiger partial charge >= 0.3 is 0 Å². The summed E-state index contributed by atoms with van der Waals surface area (Å²) in [6.45, 7) is 6.56. The van der Waals surface area contributed by atoms with Gasteiger partial charge in [0.1, 0.15) is 5.75 Å². The van der Waals surface area contributed by atoms with Crippen molar-refractivity contribution in [2.45, 2.75) is 19.4 Å². The highest BCUT2D eigenvalue weighted by molar-refractivity contribution is 7.10. The summed E-state index contributed by atoms with van der Waals surface area (Å²) in [5.74, 6) is 0.671. The monoisotopic (exact) mass is 374 g/mol. The van der Waals surface area contributed by atoms with Crippen molar-refractivity contribution in [2.24, 2.45) is 0 Å². The number of hydrogen-bond donors (Lipinski definition) is 1. The molecule has 140 valence electrons. The molecule has 1 aliphatic rings. The molecule has 0 spiro atoms. The fourth-order valence-corrected chi connectivity index (χ4v) is 3.88. The van der Waals surface area contributed by atoms with E-state index in [9.17, 15) is 4.79 Å². The van der Waals surface area contributed by atoms with E-state index in [0.717, 1.165) is 38.5 Å². The molecular weight excluding hydrogens is 348 g/mol. The summed E-state index contributed by atoms with van der Waals surface area (Å²) in [5.41, 5.74) is 0.630. The molecule has 1 unspecified atom stereocenters. The Labute approximate surface area is 158 Å². The molecular formula is C20H26N2O3S.